The van der Waals surface area contributed by atoms with Crippen molar-refractivity contribution in [3.05, 3.63) is 47.4 Å². The Kier molecular flexibility index (Phi) is 5.29. The van der Waals surface area contributed by atoms with Crippen LogP contribution in [0.5, 0.6) is 0 Å². The van der Waals surface area contributed by atoms with E-state index in [4.69, 9.17) is 15.8 Å². The van der Waals surface area contributed by atoms with Crippen molar-refractivity contribution < 1.29 is 0 Å². The van der Waals surface area contributed by atoms with Crippen LogP contribution < -0.4 is 5.84 Å². The van der Waals surface area contributed by atoms with Gasteiger partial charge in [-0.2, -0.15) is 0 Å². The summed E-state index contributed by atoms with van der Waals surface area (Å²) in [6.07, 6.45) is 0.725. The normalized spacial score (nSPS) is 11.6. The fourth-order valence-electron chi connectivity index (χ4n) is 2.91. The summed E-state index contributed by atoms with van der Waals surface area (Å²) in [7, 11) is 4.02. The molecule has 0 radical (unpaired) electrons. The Bertz CT molecular complexity index is 1100. The third kappa shape index (κ3) is 3.60. The Morgan fingerprint density at radius 3 is 2.61 bits per heavy atom. The van der Waals surface area contributed by atoms with Crippen molar-refractivity contribution in [1.82, 2.24) is 29.7 Å². The molecule has 0 aliphatic heterocycles. The molecule has 7 nitrogen and oxygen atoms in total. The van der Waals surface area contributed by atoms with Crippen LogP contribution in [0.25, 0.3) is 21.3 Å². The molecule has 3 heterocycles. The Morgan fingerprint density at radius 2 is 1.93 bits per heavy atom. The molecule has 2 N–H and O–H groups in total. The zero-order valence-corrected chi connectivity index (χ0v) is 17.6. The maximum Gasteiger partial charge on any atom is 0.216 e. The number of nitrogen functional groups attached to an aromatic ring is 1. The van der Waals surface area contributed by atoms with Crippen LogP contribution in [0, 0.1) is 0 Å². The number of benzene rings is 1. The van der Waals surface area contributed by atoms with Gasteiger partial charge in [0, 0.05) is 17.4 Å². The van der Waals surface area contributed by atoms with Gasteiger partial charge in [0.15, 0.2) is 5.82 Å². The van der Waals surface area contributed by atoms with Crippen LogP contribution in [0.4, 0.5) is 0 Å². The quantitative estimate of drug-likeness (QED) is 0.384. The summed E-state index contributed by atoms with van der Waals surface area (Å²) in [4.78, 5) is 12.7. The summed E-state index contributed by atoms with van der Waals surface area (Å²) in [5.41, 5.74) is 2.27. The van der Waals surface area contributed by atoms with Crippen LogP contribution in [-0.4, -0.2) is 43.8 Å². The van der Waals surface area contributed by atoms with Crippen molar-refractivity contribution in [3.8, 4) is 11.1 Å². The fraction of sp³-hybridized carbons (Fsp3) is 0.263. The van der Waals surface area contributed by atoms with Crippen LogP contribution >= 0.6 is 23.1 Å². The van der Waals surface area contributed by atoms with Gasteiger partial charge in [0.1, 0.15) is 15.7 Å². The van der Waals surface area contributed by atoms with E-state index in [2.05, 4.69) is 32.6 Å². The molecule has 0 saturated heterocycles. The number of hydrogen-bond acceptors (Lipinski definition) is 8. The zero-order chi connectivity index (χ0) is 19.7. The molecule has 0 aliphatic carbocycles. The number of aromatic nitrogens is 5. The van der Waals surface area contributed by atoms with Gasteiger partial charge in [0.25, 0.3) is 0 Å². The summed E-state index contributed by atoms with van der Waals surface area (Å²) in [6.45, 7) is 2.67. The van der Waals surface area contributed by atoms with E-state index in [1.54, 1.807) is 16.0 Å². The lowest BCUT2D eigenvalue weighted by molar-refractivity contribution is 0.390. The van der Waals surface area contributed by atoms with Gasteiger partial charge in [-0.15, -0.1) is 21.5 Å². The molecule has 4 rings (SSSR count). The number of thiophene rings is 1. The maximum atomic E-state index is 6.17. The Morgan fingerprint density at radius 1 is 1.14 bits per heavy atom. The van der Waals surface area contributed by atoms with Crippen molar-refractivity contribution in [2.24, 2.45) is 0 Å². The lowest BCUT2D eigenvalue weighted by atomic mass is 10.1. The van der Waals surface area contributed by atoms with Crippen molar-refractivity contribution in [2.75, 3.05) is 19.9 Å². The summed E-state index contributed by atoms with van der Waals surface area (Å²) in [5, 5.41) is 13.1. The molecular weight excluding hydrogens is 390 g/mol. The lowest BCUT2D eigenvalue weighted by Crippen LogP contribution is -2.14. The van der Waals surface area contributed by atoms with Crippen LogP contribution in [-0.2, 0) is 13.0 Å². The topological polar surface area (TPSA) is 85.8 Å². The predicted octanol–water partition coefficient (Wildman–Crippen LogP) is 3.44. The van der Waals surface area contributed by atoms with Crippen LogP contribution in [0.3, 0.4) is 0 Å². The Labute approximate surface area is 171 Å². The molecule has 0 unspecified atom stereocenters. The number of fused-ring (bicyclic) bond motifs is 1. The second kappa shape index (κ2) is 7.86. The van der Waals surface area contributed by atoms with Gasteiger partial charge in [-0.1, -0.05) is 37.3 Å². The SMILES string of the molecule is CCc1nnc(Sc2nc(CN(C)C)nc3scc(-c4ccccc4)c23)n1N. The minimum Gasteiger partial charge on any atom is -0.336 e. The van der Waals surface area contributed by atoms with E-state index in [1.807, 2.05) is 39.2 Å². The minimum absolute atomic E-state index is 0.623. The largest absolute Gasteiger partial charge is 0.336 e. The highest BCUT2D eigenvalue weighted by atomic mass is 32.2. The molecule has 9 heteroatoms. The van der Waals surface area contributed by atoms with Gasteiger partial charge in [-0.25, -0.2) is 14.6 Å². The molecule has 144 valence electrons. The minimum atomic E-state index is 0.623. The standard InChI is InChI=1S/C19H21N7S2/c1-4-15-23-24-19(26(15)20)28-18-16-13(12-8-6-5-7-9-12)11-27-17(16)21-14(22-18)10-25(2)3/h5-9,11H,4,10,20H2,1-3H3. The van der Waals surface area contributed by atoms with E-state index in [-0.39, 0.29) is 0 Å². The van der Waals surface area contributed by atoms with Gasteiger partial charge in [0.2, 0.25) is 5.16 Å². The number of hydrogen-bond donors (Lipinski definition) is 1. The maximum absolute atomic E-state index is 6.17. The summed E-state index contributed by atoms with van der Waals surface area (Å²) in [6, 6.07) is 10.3. The van der Waals surface area contributed by atoms with E-state index in [0.29, 0.717) is 11.7 Å². The number of nitrogens with zero attached hydrogens (tertiary/aromatic N) is 6. The van der Waals surface area contributed by atoms with Crippen molar-refractivity contribution in [3.63, 3.8) is 0 Å². The first-order chi connectivity index (χ1) is 13.6. The summed E-state index contributed by atoms with van der Waals surface area (Å²) < 4.78 is 1.54. The molecule has 0 atom stereocenters. The smallest absolute Gasteiger partial charge is 0.216 e. The molecule has 0 spiro atoms. The molecule has 0 amide bonds. The van der Waals surface area contributed by atoms with Gasteiger partial charge < -0.3 is 10.7 Å². The molecule has 28 heavy (non-hydrogen) atoms. The zero-order valence-electron chi connectivity index (χ0n) is 16.0. The van der Waals surface area contributed by atoms with Gasteiger partial charge in [0.05, 0.1) is 11.9 Å². The number of nitrogens with two attached hydrogens (primary N) is 1. The van der Waals surface area contributed by atoms with Gasteiger partial charge in [-0.05, 0) is 31.4 Å². The highest BCUT2D eigenvalue weighted by Crippen LogP contribution is 2.40. The van der Waals surface area contributed by atoms with Gasteiger partial charge >= 0.3 is 0 Å². The molecular formula is C19H21N7S2. The molecule has 0 aliphatic rings. The summed E-state index contributed by atoms with van der Waals surface area (Å²) in [5.74, 6) is 7.69. The molecule has 3 aromatic heterocycles. The molecule has 0 saturated carbocycles. The van der Waals surface area contributed by atoms with Crippen LogP contribution in [0.1, 0.15) is 18.6 Å². The lowest BCUT2D eigenvalue weighted by Gasteiger charge is -2.11. The Balaban J connectivity index is 1.87. The molecule has 0 fully saturated rings. The molecule has 1 aromatic carbocycles. The van der Waals surface area contributed by atoms with E-state index < -0.39 is 0 Å². The second-order valence-electron chi connectivity index (χ2n) is 6.60. The first-order valence-electron chi connectivity index (χ1n) is 8.92. The third-order valence-electron chi connectivity index (χ3n) is 4.23. The Hall–Kier alpha value is -2.49. The van der Waals surface area contributed by atoms with Crippen LogP contribution in [0.15, 0.2) is 45.9 Å². The average molecular weight is 412 g/mol. The first-order valence-corrected chi connectivity index (χ1v) is 10.6. The van der Waals surface area contributed by atoms with Crippen molar-refractivity contribution >= 4 is 33.3 Å². The fourth-order valence-corrected chi connectivity index (χ4v) is 4.86. The highest BCUT2D eigenvalue weighted by Gasteiger charge is 2.19. The van der Waals surface area contributed by atoms with Crippen molar-refractivity contribution in [1.29, 1.82) is 0 Å². The van der Waals surface area contributed by atoms with Gasteiger partial charge in [-0.3, -0.25) is 0 Å². The predicted molar refractivity (Wildman–Crippen MR) is 114 cm³/mol. The van der Waals surface area contributed by atoms with E-state index in [9.17, 15) is 0 Å². The number of aryl methyl sites for hydroxylation is 1. The monoisotopic (exact) mass is 411 g/mol. The van der Waals surface area contributed by atoms with E-state index in [1.165, 1.54) is 11.8 Å². The summed E-state index contributed by atoms with van der Waals surface area (Å²) >= 11 is 3.07. The van der Waals surface area contributed by atoms with Crippen LogP contribution in [0.2, 0.25) is 0 Å². The number of rotatable bonds is 6. The molecule has 0 bridgehead atoms. The first kappa shape index (κ1) is 18.9. The van der Waals surface area contributed by atoms with E-state index >= 15 is 0 Å². The molecule has 4 aromatic rings. The van der Waals surface area contributed by atoms with Crippen molar-refractivity contribution in [2.45, 2.75) is 30.1 Å². The second-order valence-corrected chi connectivity index (χ2v) is 8.42. The highest BCUT2D eigenvalue weighted by molar-refractivity contribution is 7.99. The van der Waals surface area contributed by atoms with E-state index in [0.717, 1.165) is 44.4 Å². The third-order valence-corrected chi connectivity index (χ3v) is 6.05. The average Bonchev–Trinajstić information content (AvgIpc) is 3.26.